The summed E-state index contributed by atoms with van der Waals surface area (Å²) < 4.78 is 0. The van der Waals surface area contributed by atoms with E-state index in [-0.39, 0.29) is 19.1 Å². The minimum absolute atomic E-state index is 0.254. The predicted molar refractivity (Wildman–Crippen MR) is 115 cm³/mol. The first-order chi connectivity index (χ1) is 13.5. The van der Waals surface area contributed by atoms with Crippen molar-refractivity contribution in [3.63, 3.8) is 0 Å². The van der Waals surface area contributed by atoms with Gasteiger partial charge in [-0.3, -0.25) is 4.79 Å². The average molecular weight is 402 g/mol. The normalized spacial score (nSPS) is 11.4. The van der Waals surface area contributed by atoms with Gasteiger partial charge in [-0.15, -0.1) is 0 Å². The number of unbranched alkanes of at least 4 members (excludes halogenated alkanes) is 1. The maximum atomic E-state index is 11.3. The Balaban J connectivity index is 1.93. The van der Waals surface area contributed by atoms with Crippen LogP contribution in [0.4, 0.5) is 0 Å². The molecule has 2 aromatic carbocycles. The van der Waals surface area contributed by atoms with Gasteiger partial charge in [0.05, 0.1) is 18.8 Å². The Bertz CT molecular complexity index is 725. The van der Waals surface area contributed by atoms with Crippen molar-refractivity contribution in [2.24, 2.45) is 0 Å². The number of aryl methyl sites for hydroxylation is 2. The van der Waals surface area contributed by atoms with Gasteiger partial charge in [0.15, 0.2) is 0 Å². The number of hydrogen-bond acceptors (Lipinski definition) is 4. The highest BCUT2D eigenvalue weighted by Crippen LogP contribution is 2.28. The number of carbonyl (C=O) groups excluding carboxylic acids is 1. The SMILES string of the molecule is CCCCc1ccc(Sc2ccc(CCC(CO)(CO)NC(C)=O)cc2)cc1. The second-order valence-electron chi connectivity index (χ2n) is 7.27. The Morgan fingerprint density at radius 2 is 1.43 bits per heavy atom. The number of amides is 1. The molecule has 0 aliphatic rings. The fraction of sp³-hybridized carbons (Fsp3) is 0.435. The van der Waals surface area contributed by atoms with Crippen molar-refractivity contribution in [3.8, 4) is 0 Å². The van der Waals surface area contributed by atoms with E-state index < -0.39 is 5.54 Å². The molecule has 0 unspecified atom stereocenters. The van der Waals surface area contributed by atoms with Crippen LogP contribution in [0.15, 0.2) is 58.3 Å². The largest absolute Gasteiger partial charge is 0.394 e. The highest BCUT2D eigenvalue weighted by atomic mass is 32.2. The zero-order valence-electron chi connectivity index (χ0n) is 16.8. The molecular formula is C23H31NO3S. The van der Waals surface area contributed by atoms with E-state index in [1.165, 1.54) is 35.1 Å². The molecule has 0 heterocycles. The summed E-state index contributed by atoms with van der Waals surface area (Å²) in [5, 5.41) is 21.9. The Hall–Kier alpha value is -1.82. The van der Waals surface area contributed by atoms with Crippen LogP contribution in [0.2, 0.25) is 0 Å². The minimum atomic E-state index is -0.973. The fourth-order valence-electron chi connectivity index (χ4n) is 3.07. The van der Waals surface area contributed by atoms with Gasteiger partial charge in [0.2, 0.25) is 5.91 Å². The number of aliphatic hydroxyl groups excluding tert-OH is 2. The van der Waals surface area contributed by atoms with Crippen LogP contribution < -0.4 is 5.32 Å². The van der Waals surface area contributed by atoms with Gasteiger partial charge < -0.3 is 15.5 Å². The summed E-state index contributed by atoms with van der Waals surface area (Å²) in [5.74, 6) is -0.254. The maximum absolute atomic E-state index is 11.3. The molecule has 28 heavy (non-hydrogen) atoms. The number of nitrogens with one attached hydrogen (secondary N) is 1. The summed E-state index contributed by atoms with van der Waals surface area (Å²) >= 11 is 1.73. The van der Waals surface area contributed by atoms with Gasteiger partial charge in [-0.2, -0.15) is 0 Å². The zero-order valence-corrected chi connectivity index (χ0v) is 17.6. The lowest BCUT2D eigenvalue weighted by atomic mass is 9.92. The van der Waals surface area contributed by atoms with Crippen LogP contribution in [0.1, 0.15) is 44.2 Å². The topological polar surface area (TPSA) is 69.6 Å². The van der Waals surface area contributed by atoms with Crippen molar-refractivity contribution in [1.29, 1.82) is 0 Å². The number of benzene rings is 2. The van der Waals surface area contributed by atoms with E-state index in [0.717, 1.165) is 12.0 Å². The van der Waals surface area contributed by atoms with Crippen LogP contribution in [-0.2, 0) is 17.6 Å². The molecule has 0 atom stereocenters. The van der Waals surface area contributed by atoms with E-state index in [1.54, 1.807) is 11.8 Å². The number of rotatable bonds is 11. The van der Waals surface area contributed by atoms with Crippen molar-refractivity contribution in [2.45, 2.75) is 61.3 Å². The van der Waals surface area contributed by atoms with E-state index in [9.17, 15) is 15.0 Å². The lowest BCUT2D eigenvalue weighted by Gasteiger charge is -2.30. The van der Waals surface area contributed by atoms with Crippen LogP contribution in [-0.4, -0.2) is 34.9 Å². The predicted octanol–water partition coefficient (Wildman–Crippen LogP) is 3.97. The van der Waals surface area contributed by atoms with Crippen LogP contribution >= 0.6 is 11.8 Å². The highest BCUT2D eigenvalue weighted by Gasteiger charge is 2.29. The molecule has 0 fully saturated rings. The Kier molecular flexibility index (Phi) is 9.03. The summed E-state index contributed by atoms with van der Waals surface area (Å²) in [6.07, 6.45) is 4.72. The summed E-state index contributed by atoms with van der Waals surface area (Å²) in [4.78, 5) is 13.7. The number of aliphatic hydroxyl groups is 2. The van der Waals surface area contributed by atoms with E-state index in [1.807, 2.05) is 0 Å². The highest BCUT2D eigenvalue weighted by molar-refractivity contribution is 7.99. The van der Waals surface area contributed by atoms with E-state index in [0.29, 0.717) is 12.8 Å². The zero-order chi connectivity index (χ0) is 20.4. The van der Waals surface area contributed by atoms with Crippen LogP contribution in [0.5, 0.6) is 0 Å². The Morgan fingerprint density at radius 1 is 0.929 bits per heavy atom. The molecule has 5 heteroatoms. The number of hydrogen-bond donors (Lipinski definition) is 3. The molecule has 0 aromatic heterocycles. The van der Waals surface area contributed by atoms with Crippen molar-refractivity contribution >= 4 is 17.7 Å². The van der Waals surface area contributed by atoms with E-state index in [2.05, 4.69) is 60.8 Å². The molecule has 2 rings (SSSR count). The Labute approximate surface area is 172 Å². The van der Waals surface area contributed by atoms with Gasteiger partial charge >= 0.3 is 0 Å². The molecule has 0 saturated carbocycles. The van der Waals surface area contributed by atoms with Gasteiger partial charge in [-0.1, -0.05) is 49.4 Å². The molecule has 0 radical (unpaired) electrons. The molecule has 0 aliphatic heterocycles. The lowest BCUT2D eigenvalue weighted by Crippen LogP contribution is -2.53. The smallest absolute Gasteiger partial charge is 0.217 e. The molecule has 2 aromatic rings. The van der Waals surface area contributed by atoms with Gasteiger partial charge in [-0.25, -0.2) is 0 Å². The lowest BCUT2D eigenvalue weighted by molar-refractivity contribution is -0.122. The summed E-state index contributed by atoms with van der Waals surface area (Å²) in [7, 11) is 0. The van der Waals surface area contributed by atoms with Crippen LogP contribution in [0, 0.1) is 0 Å². The summed E-state index contributed by atoms with van der Waals surface area (Å²) in [5.41, 5.74) is 1.52. The number of carbonyl (C=O) groups is 1. The molecule has 1 amide bonds. The van der Waals surface area contributed by atoms with Gasteiger partial charge in [0, 0.05) is 16.7 Å². The third-order valence-electron chi connectivity index (χ3n) is 4.84. The maximum Gasteiger partial charge on any atom is 0.217 e. The molecule has 3 N–H and O–H groups in total. The molecular weight excluding hydrogens is 370 g/mol. The first kappa shape index (κ1) is 22.5. The first-order valence-corrected chi connectivity index (χ1v) is 10.7. The van der Waals surface area contributed by atoms with Gasteiger partial charge in [0.1, 0.15) is 0 Å². The molecule has 0 saturated heterocycles. The summed E-state index contributed by atoms with van der Waals surface area (Å²) in [6.45, 7) is 3.03. The quantitative estimate of drug-likeness (QED) is 0.533. The fourth-order valence-corrected chi connectivity index (χ4v) is 3.89. The van der Waals surface area contributed by atoms with Crippen molar-refractivity contribution in [1.82, 2.24) is 5.32 Å². The monoisotopic (exact) mass is 401 g/mol. The second kappa shape index (κ2) is 11.2. The molecule has 4 nitrogen and oxygen atoms in total. The van der Waals surface area contributed by atoms with Gasteiger partial charge in [-0.05, 0) is 61.1 Å². The van der Waals surface area contributed by atoms with Crippen molar-refractivity contribution in [3.05, 3.63) is 59.7 Å². The third kappa shape index (κ3) is 6.97. The summed E-state index contributed by atoms with van der Waals surface area (Å²) in [6, 6.07) is 17.1. The molecule has 0 bridgehead atoms. The average Bonchev–Trinajstić information content (AvgIpc) is 2.71. The first-order valence-electron chi connectivity index (χ1n) is 9.86. The van der Waals surface area contributed by atoms with Crippen LogP contribution in [0.3, 0.4) is 0 Å². The van der Waals surface area contributed by atoms with Crippen molar-refractivity contribution in [2.75, 3.05) is 13.2 Å². The minimum Gasteiger partial charge on any atom is -0.394 e. The molecule has 0 spiro atoms. The Morgan fingerprint density at radius 3 is 1.86 bits per heavy atom. The third-order valence-corrected chi connectivity index (χ3v) is 5.86. The standard InChI is InChI=1S/C23H31NO3S/c1-3-4-5-19-6-10-21(11-7-19)28-22-12-8-20(9-13-22)14-15-23(16-25,17-26)24-18(2)27/h6-13,25-26H,3-5,14-17H2,1-2H3,(H,24,27). The van der Waals surface area contributed by atoms with E-state index in [4.69, 9.17) is 0 Å². The second-order valence-corrected chi connectivity index (χ2v) is 8.42. The molecule has 0 aliphatic carbocycles. The van der Waals surface area contributed by atoms with Crippen molar-refractivity contribution < 1.29 is 15.0 Å². The molecule has 152 valence electrons. The van der Waals surface area contributed by atoms with E-state index >= 15 is 0 Å². The van der Waals surface area contributed by atoms with Crippen LogP contribution in [0.25, 0.3) is 0 Å². The van der Waals surface area contributed by atoms with Gasteiger partial charge in [0.25, 0.3) is 0 Å².